The predicted molar refractivity (Wildman–Crippen MR) is 141 cm³/mol. The molecule has 0 aliphatic heterocycles. The molecular formula is C28H49F2NO. The molecule has 0 spiro atoms. The van der Waals surface area contributed by atoms with Crippen molar-refractivity contribution in [3.8, 4) is 23.7 Å². The summed E-state index contributed by atoms with van der Waals surface area (Å²) in [5.74, 6) is 11.2. The van der Waals surface area contributed by atoms with Gasteiger partial charge < -0.3 is 10.4 Å². The molecule has 1 aromatic carbocycles. The summed E-state index contributed by atoms with van der Waals surface area (Å²) in [4.78, 5) is 0. The van der Waals surface area contributed by atoms with E-state index in [0.717, 1.165) is 25.5 Å². The van der Waals surface area contributed by atoms with Gasteiger partial charge in [0.15, 0.2) is 0 Å². The minimum Gasteiger partial charge on any atom is -0.400 e. The number of aliphatic hydroxyl groups excluding tert-OH is 1. The summed E-state index contributed by atoms with van der Waals surface area (Å²) in [7, 11) is 2.84. The zero-order valence-electron chi connectivity index (χ0n) is 20.8. The van der Waals surface area contributed by atoms with Crippen molar-refractivity contribution in [2.45, 2.75) is 93.3 Å². The van der Waals surface area contributed by atoms with E-state index in [2.05, 4.69) is 42.0 Å². The van der Waals surface area contributed by atoms with Crippen LogP contribution in [0.15, 0.2) is 30.4 Å². The van der Waals surface area contributed by atoms with E-state index in [1.807, 2.05) is 40.8 Å². The van der Waals surface area contributed by atoms with Crippen molar-refractivity contribution >= 4 is 0 Å². The lowest BCUT2D eigenvalue weighted by Gasteiger charge is -2.10. The van der Waals surface area contributed by atoms with E-state index in [1.54, 1.807) is 12.1 Å². The van der Waals surface area contributed by atoms with Gasteiger partial charge in [0.1, 0.15) is 12.0 Å². The molecule has 0 aliphatic carbocycles. The molecule has 0 aliphatic rings. The van der Waals surface area contributed by atoms with Gasteiger partial charge in [-0.05, 0) is 51.9 Å². The number of rotatable bonds is 6. The first-order valence-corrected chi connectivity index (χ1v) is 11.1. The SMILES string of the molecule is C.C/C=C/CC#CCCCC.CC.CN[C@H](C)c1ccc(F)c(C#CCC(C)F)c1.CO.[HH]. The van der Waals surface area contributed by atoms with Crippen LogP contribution in [0.4, 0.5) is 8.78 Å². The zero-order chi connectivity index (χ0) is 24.5. The second-order valence-electron chi connectivity index (χ2n) is 6.27. The molecular weight excluding hydrogens is 404 g/mol. The van der Waals surface area contributed by atoms with Crippen molar-refractivity contribution in [3.05, 3.63) is 47.3 Å². The summed E-state index contributed by atoms with van der Waals surface area (Å²) < 4.78 is 26.0. The van der Waals surface area contributed by atoms with Gasteiger partial charge in [-0.25, -0.2) is 8.78 Å². The van der Waals surface area contributed by atoms with Crippen molar-refractivity contribution < 1.29 is 15.3 Å². The van der Waals surface area contributed by atoms with Gasteiger partial charge in [0, 0.05) is 33.8 Å². The highest BCUT2D eigenvalue weighted by atomic mass is 19.1. The molecule has 0 fully saturated rings. The Morgan fingerprint density at radius 1 is 1.16 bits per heavy atom. The van der Waals surface area contributed by atoms with E-state index >= 15 is 0 Å². The molecule has 0 saturated heterocycles. The van der Waals surface area contributed by atoms with E-state index in [1.165, 1.54) is 25.8 Å². The van der Waals surface area contributed by atoms with Crippen LogP contribution in [0.25, 0.3) is 0 Å². The van der Waals surface area contributed by atoms with E-state index in [4.69, 9.17) is 5.11 Å². The van der Waals surface area contributed by atoms with Crippen molar-refractivity contribution in [2.24, 2.45) is 0 Å². The molecule has 32 heavy (non-hydrogen) atoms. The van der Waals surface area contributed by atoms with Gasteiger partial charge in [0.25, 0.3) is 0 Å². The molecule has 2 nitrogen and oxygen atoms in total. The maximum atomic E-state index is 13.4. The van der Waals surface area contributed by atoms with Gasteiger partial charge in [-0.15, -0.1) is 5.92 Å². The number of halogens is 2. The van der Waals surface area contributed by atoms with E-state index in [-0.39, 0.29) is 27.1 Å². The van der Waals surface area contributed by atoms with Gasteiger partial charge in [-0.1, -0.05) is 70.6 Å². The zero-order valence-corrected chi connectivity index (χ0v) is 20.8. The minimum absolute atomic E-state index is 0. The topological polar surface area (TPSA) is 32.3 Å². The van der Waals surface area contributed by atoms with E-state index in [9.17, 15) is 8.78 Å². The van der Waals surface area contributed by atoms with Crippen LogP contribution < -0.4 is 5.32 Å². The normalized spacial score (nSPS) is 10.6. The largest absolute Gasteiger partial charge is 0.400 e. The standard InChI is InChI=1S/C14H17F2N.C10H16.C2H6.CH4O.CH4.H2/c1-10(15)5-4-6-13-9-12(11(2)17-3)7-8-14(13)16;1-3-5-7-9-10-8-6-4-2;2*1-2;;/h7-11,17H,5H2,1-3H3;3,5H,4,6-8H2,1-2H3;1-2H3;2H,1H3;1H4;1H/b;5-3+;;;;/t10?,11-;;;;;/m1...../s1. The Morgan fingerprint density at radius 2 is 1.78 bits per heavy atom. The quantitative estimate of drug-likeness (QED) is 0.261. The van der Waals surface area contributed by atoms with E-state index in [0.29, 0.717) is 5.56 Å². The third-order valence-corrected chi connectivity index (χ3v) is 3.77. The Kier molecular flexibility index (Phi) is 33.5. The Hall–Kier alpha value is -2.14. The van der Waals surface area contributed by atoms with Gasteiger partial charge in [-0.2, -0.15) is 0 Å². The molecule has 0 saturated carbocycles. The number of allylic oxidation sites excluding steroid dienone is 2. The maximum absolute atomic E-state index is 13.4. The number of benzene rings is 1. The highest BCUT2D eigenvalue weighted by Gasteiger charge is 2.06. The van der Waals surface area contributed by atoms with Gasteiger partial charge >= 0.3 is 0 Å². The smallest absolute Gasteiger partial charge is 0.138 e. The Bertz CT molecular complexity index is 683. The number of hydrogen-bond acceptors (Lipinski definition) is 2. The molecule has 4 heteroatoms. The second kappa shape index (κ2) is 28.9. The van der Waals surface area contributed by atoms with Crippen LogP contribution in [-0.4, -0.2) is 25.4 Å². The van der Waals surface area contributed by atoms with Crippen LogP contribution in [0.3, 0.4) is 0 Å². The molecule has 2 atom stereocenters. The Balaban J connectivity index is -0.000000142. The van der Waals surface area contributed by atoms with Crippen molar-refractivity contribution in [3.63, 3.8) is 0 Å². The average Bonchev–Trinajstić information content (AvgIpc) is 2.80. The third-order valence-electron chi connectivity index (χ3n) is 3.77. The summed E-state index contributed by atoms with van der Waals surface area (Å²) in [6.45, 7) is 11.6. The van der Waals surface area contributed by atoms with Crippen molar-refractivity contribution in [2.75, 3.05) is 14.2 Å². The molecule has 0 heterocycles. The molecule has 0 aromatic heterocycles. The fourth-order valence-electron chi connectivity index (χ4n) is 1.96. The maximum Gasteiger partial charge on any atom is 0.138 e. The van der Waals surface area contributed by atoms with Crippen molar-refractivity contribution in [1.82, 2.24) is 5.32 Å². The molecule has 1 aromatic rings. The molecule has 0 bridgehead atoms. The van der Waals surface area contributed by atoms with Crippen LogP contribution in [0.2, 0.25) is 0 Å². The lowest BCUT2D eigenvalue weighted by Crippen LogP contribution is -2.12. The van der Waals surface area contributed by atoms with Crippen LogP contribution in [0.1, 0.15) is 99.7 Å². The number of nitrogens with one attached hydrogen (secondary N) is 1. The lowest BCUT2D eigenvalue weighted by atomic mass is 10.0. The first-order valence-electron chi connectivity index (χ1n) is 11.1. The van der Waals surface area contributed by atoms with Crippen LogP contribution >= 0.6 is 0 Å². The van der Waals surface area contributed by atoms with Crippen LogP contribution in [0.5, 0.6) is 0 Å². The monoisotopic (exact) mass is 453 g/mol. The average molecular weight is 454 g/mol. The predicted octanol–water partition coefficient (Wildman–Crippen LogP) is 7.87. The van der Waals surface area contributed by atoms with Gasteiger partial charge in [-0.3, -0.25) is 0 Å². The third kappa shape index (κ3) is 22.5. The summed E-state index contributed by atoms with van der Waals surface area (Å²) in [5.41, 5.74) is 1.29. The Labute approximate surface area is 199 Å². The lowest BCUT2D eigenvalue weighted by molar-refractivity contribution is 0.369. The van der Waals surface area contributed by atoms with Crippen LogP contribution in [-0.2, 0) is 0 Å². The number of unbranched alkanes of at least 4 members (excludes halogenated alkanes) is 2. The van der Waals surface area contributed by atoms with Gasteiger partial charge in [0.2, 0.25) is 0 Å². The second-order valence-corrected chi connectivity index (χ2v) is 6.27. The number of alkyl halides is 1. The highest BCUT2D eigenvalue weighted by Crippen LogP contribution is 2.16. The fourth-order valence-corrected chi connectivity index (χ4v) is 1.96. The molecule has 0 radical (unpaired) electrons. The number of aliphatic hydroxyl groups is 1. The Morgan fingerprint density at radius 3 is 2.28 bits per heavy atom. The van der Waals surface area contributed by atoms with Crippen LogP contribution in [0, 0.1) is 29.5 Å². The van der Waals surface area contributed by atoms with Crippen molar-refractivity contribution in [1.29, 1.82) is 0 Å². The molecule has 0 amide bonds. The first-order chi connectivity index (χ1) is 15.0. The summed E-state index contributed by atoms with van der Waals surface area (Å²) >= 11 is 0. The minimum atomic E-state index is -0.982. The van der Waals surface area contributed by atoms with Gasteiger partial charge in [0.05, 0.1) is 5.56 Å². The molecule has 1 unspecified atom stereocenters. The summed E-state index contributed by atoms with van der Waals surface area (Å²) in [6, 6.07) is 4.95. The molecule has 186 valence electrons. The molecule has 2 N–H and O–H groups in total. The number of hydrogen-bond donors (Lipinski definition) is 2. The highest BCUT2D eigenvalue weighted by molar-refractivity contribution is 5.39. The van der Waals surface area contributed by atoms with E-state index < -0.39 is 6.17 Å². The summed E-state index contributed by atoms with van der Waals surface area (Å²) in [5, 5.41) is 10.1. The fraction of sp³-hybridized carbons (Fsp3) is 0.571. The first kappa shape index (κ1) is 37.2. The molecule has 1 rings (SSSR count). The summed E-state index contributed by atoms with van der Waals surface area (Å²) in [6.07, 6.45) is 7.73.